The number of nitrogens with zero attached hydrogens (tertiary/aromatic N) is 4. The number of carbonyl (C=O) groups is 3. The highest BCUT2D eigenvalue weighted by Crippen LogP contribution is 2.33. The summed E-state index contributed by atoms with van der Waals surface area (Å²) in [7, 11) is 4.58. The molecule has 1 aromatic carbocycles. The van der Waals surface area contributed by atoms with Crippen LogP contribution in [-0.4, -0.2) is 125 Å². The number of hydrogen-bond acceptors (Lipinski definition) is 14. The fraction of sp³-hybridized carbons (Fsp3) is 0.568. The number of pyridine rings is 1. The van der Waals surface area contributed by atoms with Crippen molar-refractivity contribution in [3.05, 3.63) is 39.8 Å². The molecule has 0 bridgehead atoms. The maximum Gasteiger partial charge on any atom is 0.407 e. The molecule has 0 aliphatic carbocycles. The minimum Gasteiger partial charge on any atom is -0.494 e. The van der Waals surface area contributed by atoms with E-state index in [1.807, 2.05) is 4.90 Å². The molecule has 4 N–H and O–H groups in total. The molecule has 1 fully saturated rings. The molecule has 19 heteroatoms. The van der Waals surface area contributed by atoms with Gasteiger partial charge in [-0.05, 0) is 45.7 Å². The highest BCUT2D eigenvalue weighted by Gasteiger charge is 2.26. The molecule has 3 aromatic rings. The Hall–Kier alpha value is -4.91. The van der Waals surface area contributed by atoms with Crippen molar-refractivity contribution in [3.8, 4) is 11.5 Å². The molecule has 0 atom stereocenters. The number of likely N-dealkylation sites (N-methyl/N-ethyl adjacent to an activating group) is 1. The Balaban J connectivity index is 1.17. The Morgan fingerprint density at radius 3 is 2.20 bits per heavy atom. The molecular weight excluding hydrogens is 752 g/mol. The molecule has 1 aliphatic rings. The molecule has 308 valence electrons. The number of amides is 3. The maximum absolute atomic E-state index is 12.9. The van der Waals surface area contributed by atoms with Gasteiger partial charge in [0.25, 0.3) is 11.5 Å². The van der Waals surface area contributed by atoms with Crippen molar-refractivity contribution in [1.29, 1.82) is 0 Å². The first-order valence-electron chi connectivity index (χ1n) is 18.4. The van der Waals surface area contributed by atoms with Gasteiger partial charge < -0.3 is 59.2 Å². The average Bonchev–Trinajstić information content (AvgIpc) is 3.17. The lowest BCUT2D eigenvalue weighted by Crippen LogP contribution is -2.42. The second-order valence-electron chi connectivity index (χ2n) is 13.8. The number of anilines is 3. The van der Waals surface area contributed by atoms with E-state index < -0.39 is 17.3 Å². The molecule has 56 heavy (non-hydrogen) atoms. The first-order chi connectivity index (χ1) is 26.8. The van der Waals surface area contributed by atoms with Crippen LogP contribution in [0.25, 0.3) is 10.9 Å². The van der Waals surface area contributed by atoms with Gasteiger partial charge in [0.05, 0.1) is 58.5 Å². The van der Waals surface area contributed by atoms with Crippen molar-refractivity contribution in [2.75, 3.05) is 96.8 Å². The monoisotopic (exact) mass is 804 g/mol. The quantitative estimate of drug-likeness (QED) is 0.121. The molecule has 1 saturated heterocycles. The van der Waals surface area contributed by atoms with Crippen molar-refractivity contribution >= 4 is 57.9 Å². The predicted molar refractivity (Wildman–Crippen MR) is 210 cm³/mol. The summed E-state index contributed by atoms with van der Waals surface area (Å²) in [6.45, 7) is 9.27. The van der Waals surface area contributed by atoms with Crippen LogP contribution in [0.4, 0.5) is 22.2 Å². The van der Waals surface area contributed by atoms with Crippen molar-refractivity contribution in [3.63, 3.8) is 0 Å². The summed E-state index contributed by atoms with van der Waals surface area (Å²) in [6.07, 6.45) is 2.29. The number of fused-ring (bicyclic) bond motifs is 1. The fourth-order valence-electron chi connectivity index (χ4n) is 5.66. The Morgan fingerprint density at radius 1 is 0.929 bits per heavy atom. The molecule has 2 aromatic heterocycles. The number of rotatable bonds is 20. The van der Waals surface area contributed by atoms with E-state index in [0.717, 1.165) is 0 Å². The second kappa shape index (κ2) is 21.4. The number of ether oxygens (including phenoxy) is 6. The Bertz CT molecular complexity index is 1850. The number of nitrogens with one attached hydrogen (secondary N) is 4. The Morgan fingerprint density at radius 2 is 1.57 bits per heavy atom. The van der Waals surface area contributed by atoms with Gasteiger partial charge in [0.2, 0.25) is 11.9 Å². The molecule has 0 radical (unpaired) electrons. The van der Waals surface area contributed by atoms with E-state index in [9.17, 15) is 19.2 Å². The molecular formula is C37H53ClN8O10. The Kier molecular flexibility index (Phi) is 16.7. The number of piperidine rings is 1. The smallest absolute Gasteiger partial charge is 0.407 e. The van der Waals surface area contributed by atoms with E-state index in [4.69, 9.17) is 40.0 Å². The minimum atomic E-state index is -0.542. The van der Waals surface area contributed by atoms with Crippen LogP contribution in [0.3, 0.4) is 0 Å². The highest BCUT2D eigenvalue weighted by molar-refractivity contribution is 6.33. The number of aromatic nitrogens is 3. The lowest BCUT2D eigenvalue weighted by atomic mass is 9.96. The molecule has 0 spiro atoms. The number of aryl methyl sites for hydroxylation is 1. The minimum absolute atomic E-state index is 0.0140. The zero-order chi connectivity index (χ0) is 40.7. The Labute approximate surface area is 330 Å². The topological polar surface area (TPSA) is 206 Å². The molecule has 3 amide bonds. The summed E-state index contributed by atoms with van der Waals surface area (Å²) in [5.41, 5.74) is 0.161. The van der Waals surface area contributed by atoms with Gasteiger partial charge in [-0.25, -0.2) is 9.78 Å². The highest BCUT2D eigenvalue weighted by atomic mass is 35.5. The molecule has 4 rings (SSSR count). The zero-order valence-corrected chi connectivity index (χ0v) is 33.6. The van der Waals surface area contributed by atoms with E-state index in [2.05, 4.69) is 31.2 Å². The molecule has 0 unspecified atom stereocenters. The van der Waals surface area contributed by atoms with Crippen molar-refractivity contribution in [2.24, 2.45) is 13.0 Å². The van der Waals surface area contributed by atoms with Crippen LogP contribution in [0.2, 0.25) is 5.02 Å². The summed E-state index contributed by atoms with van der Waals surface area (Å²) < 4.78 is 34.2. The van der Waals surface area contributed by atoms with Gasteiger partial charge in [-0.15, -0.1) is 0 Å². The molecule has 18 nitrogen and oxygen atoms in total. The number of carbonyl (C=O) groups excluding carboxylic acids is 3. The van der Waals surface area contributed by atoms with E-state index in [1.54, 1.807) is 46.0 Å². The van der Waals surface area contributed by atoms with Crippen LogP contribution in [0.5, 0.6) is 11.5 Å². The lowest BCUT2D eigenvalue weighted by Gasteiger charge is -2.31. The fourth-order valence-corrected chi connectivity index (χ4v) is 5.80. The van der Waals surface area contributed by atoms with Gasteiger partial charge in [-0.3, -0.25) is 14.4 Å². The van der Waals surface area contributed by atoms with Crippen LogP contribution < -0.4 is 41.2 Å². The number of halogens is 1. The first kappa shape index (κ1) is 43.8. The number of benzene rings is 1. The maximum atomic E-state index is 12.9. The SMILES string of the molecule is CNC(=O)COc1cc2cc(Nc3nc(N4CCC(C(=O)NCCOCCOCCOCCNC(=O)OC(C)(C)C)CC4)ncc3Cl)cc(OC)c2n(C)c1=O. The van der Waals surface area contributed by atoms with E-state index in [0.29, 0.717) is 118 Å². The molecule has 3 heterocycles. The largest absolute Gasteiger partial charge is 0.494 e. The summed E-state index contributed by atoms with van der Waals surface area (Å²) >= 11 is 6.51. The van der Waals surface area contributed by atoms with Crippen molar-refractivity contribution < 1.29 is 42.8 Å². The summed E-state index contributed by atoms with van der Waals surface area (Å²) in [5.74, 6) is 0.731. The zero-order valence-electron chi connectivity index (χ0n) is 32.8. The number of methoxy groups -OCH3 is 1. The van der Waals surface area contributed by atoms with Gasteiger partial charge in [-0.2, -0.15) is 4.98 Å². The number of hydrogen-bond donors (Lipinski definition) is 4. The first-order valence-corrected chi connectivity index (χ1v) is 18.7. The van der Waals surface area contributed by atoms with Gasteiger partial charge in [0.15, 0.2) is 18.2 Å². The van der Waals surface area contributed by atoms with Crippen molar-refractivity contribution in [1.82, 2.24) is 30.5 Å². The van der Waals surface area contributed by atoms with Crippen molar-refractivity contribution in [2.45, 2.75) is 39.2 Å². The second-order valence-corrected chi connectivity index (χ2v) is 14.2. The van der Waals surface area contributed by atoms with E-state index in [-0.39, 0.29) is 30.1 Å². The van der Waals surface area contributed by atoms with Gasteiger partial charge in [0.1, 0.15) is 16.4 Å². The van der Waals surface area contributed by atoms with Gasteiger partial charge in [-0.1, -0.05) is 11.6 Å². The van der Waals surface area contributed by atoms with Gasteiger partial charge >= 0.3 is 6.09 Å². The van der Waals surface area contributed by atoms with E-state index >= 15 is 0 Å². The van der Waals surface area contributed by atoms with Crippen LogP contribution in [0, 0.1) is 5.92 Å². The third-order valence-electron chi connectivity index (χ3n) is 8.45. The van der Waals surface area contributed by atoms with Crippen LogP contribution in [0.15, 0.2) is 29.2 Å². The third kappa shape index (κ3) is 13.4. The summed E-state index contributed by atoms with van der Waals surface area (Å²) in [5, 5.41) is 12.2. The summed E-state index contributed by atoms with van der Waals surface area (Å²) in [4.78, 5) is 60.2. The molecule has 1 aliphatic heterocycles. The number of alkyl carbamates (subject to hydrolysis) is 1. The van der Waals surface area contributed by atoms with Gasteiger partial charge in [0, 0.05) is 63.3 Å². The standard InChI is InChI=1S/C37H53ClN8O10/c1-37(2,3)56-36(50)41-10-14-53-16-18-54-17-15-52-13-9-40-33(48)24-7-11-46(12-8-24)35-42-22-27(38)32(44-35)43-26-19-25-20-29(55-23-30(47)39-4)34(49)45(5)31(25)28(21-26)51-6/h19-22,24H,7-18,23H2,1-6H3,(H,39,47)(H,40,48)(H,41,50)(H,42,43,44). The molecule has 0 saturated carbocycles. The third-order valence-corrected chi connectivity index (χ3v) is 8.72. The van der Waals surface area contributed by atoms with Crippen LogP contribution >= 0.6 is 11.6 Å². The normalized spacial score (nSPS) is 13.3. The van der Waals surface area contributed by atoms with Crippen LogP contribution in [0.1, 0.15) is 33.6 Å². The lowest BCUT2D eigenvalue weighted by molar-refractivity contribution is -0.126. The van der Waals surface area contributed by atoms with E-state index in [1.165, 1.54) is 24.9 Å². The average molecular weight is 805 g/mol. The van der Waals surface area contributed by atoms with Crippen LogP contribution in [-0.2, 0) is 35.6 Å². The predicted octanol–water partition coefficient (Wildman–Crippen LogP) is 2.77. The summed E-state index contributed by atoms with van der Waals surface area (Å²) in [6, 6.07) is 5.08.